The summed E-state index contributed by atoms with van der Waals surface area (Å²) in [4.78, 5) is 2.53. The van der Waals surface area contributed by atoms with Gasteiger partial charge in [-0.1, -0.05) is 0 Å². The van der Waals surface area contributed by atoms with Crippen molar-refractivity contribution in [2.24, 2.45) is 0 Å². The number of nitrogens with zero attached hydrogens (tertiary/aromatic N) is 2. The zero-order valence-corrected chi connectivity index (χ0v) is 10.0. The first-order chi connectivity index (χ1) is 7.79. The highest BCUT2D eigenvalue weighted by Gasteiger charge is 2.36. The van der Waals surface area contributed by atoms with Crippen LogP contribution < -0.4 is 5.32 Å². The fourth-order valence-corrected chi connectivity index (χ4v) is 2.82. The second-order valence-electron chi connectivity index (χ2n) is 4.82. The van der Waals surface area contributed by atoms with Crippen LogP contribution >= 0.6 is 0 Å². The lowest BCUT2D eigenvalue weighted by Crippen LogP contribution is -2.51. The number of nitrogens with one attached hydrogen (secondary N) is 1. The monoisotopic (exact) mass is 223 g/mol. The van der Waals surface area contributed by atoms with Crippen molar-refractivity contribution in [2.75, 3.05) is 33.4 Å². The van der Waals surface area contributed by atoms with Gasteiger partial charge in [-0.15, -0.1) is 0 Å². The highest BCUT2D eigenvalue weighted by atomic mass is 16.5. The average molecular weight is 223 g/mol. The summed E-state index contributed by atoms with van der Waals surface area (Å²) in [5.74, 6) is 0. The molecule has 0 aromatic carbocycles. The third-order valence-corrected chi connectivity index (χ3v) is 4.06. The molecule has 0 aromatic heterocycles. The largest absolute Gasteiger partial charge is 0.379 e. The van der Waals surface area contributed by atoms with Crippen molar-refractivity contribution in [1.82, 2.24) is 10.2 Å². The van der Waals surface area contributed by atoms with Crippen LogP contribution in [-0.2, 0) is 4.74 Å². The van der Waals surface area contributed by atoms with E-state index >= 15 is 0 Å². The fraction of sp³-hybridized carbons (Fsp3) is 0.917. The number of nitriles is 1. The van der Waals surface area contributed by atoms with Gasteiger partial charge in [0.05, 0.1) is 19.3 Å². The van der Waals surface area contributed by atoms with Crippen LogP contribution in [0.1, 0.15) is 25.7 Å². The summed E-state index contributed by atoms with van der Waals surface area (Å²) in [6.07, 6.45) is 4.22. The van der Waals surface area contributed by atoms with Crippen LogP contribution in [0.4, 0.5) is 0 Å². The van der Waals surface area contributed by atoms with Gasteiger partial charge < -0.3 is 10.1 Å². The summed E-state index contributed by atoms with van der Waals surface area (Å²) in [6, 6.07) is 3.10. The second kappa shape index (κ2) is 5.13. The summed E-state index contributed by atoms with van der Waals surface area (Å²) >= 11 is 0. The lowest BCUT2D eigenvalue weighted by atomic mass is 9.80. The van der Waals surface area contributed by atoms with E-state index in [1.807, 2.05) is 7.05 Å². The van der Waals surface area contributed by atoms with Gasteiger partial charge in [-0.2, -0.15) is 5.26 Å². The molecule has 1 saturated heterocycles. The molecular weight excluding hydrogens is 202 g/mol. The molecule has 0 amide bonds. The van der Waals surface area contributed by atoms with E-state index < -0.39 is 0 Å². The second-order valence-corrected chi connectivity index (χ2v) is 4.82. The first-order valence-corrected chi connectivity index (χ1v) is 6.22. The van der Waals surface area contributed by atoms with Gasteiger partial charge in [0, 0.05) is 19.1 Å². The molecular formula is C12H21N3O. The van der Waals surface area contributed by atoms with Crippen LogP contribution in [0, 0.1) is 11.3 Å². The zero-order valence-electron chi connectivity index (χ0n) is 10.0. The highest BCUT2D eigenvalue weighted by Crippen LogP contribution is 2.30. The molecule has 2 rings (SSSR count). The maximum absolute atomic E-state index is 9.19. The Labute approximate surface area is 97.6 Å². The van der Waals surface area contributed by atoms with Crippen molar-refractivity contribution in [3.63, 3.8) is 0 Å². The predicted molar refractivity (Wildman–Crippen MR) is 62.1 cm³/mol. The molecule has 16 heavy (non-hydrogen) atoms. The molecule has 1 N–H and O–H groups in total. The quantitative estimate of drug-likeness (QED) is 0.750. The molecule has 0 radical (unpaired) electrons. The summed E-state index contributed by atoms with van der Waals surface area (Å²) in [6.45, 7) is 3.85. The van der Waals surface area contributed by atoms with Crippen LogP contribution in [0.15, 0.2) is 0 Å². The van der Waals surface area contributed by atoms with E-state index in [1.54, 1.807) is 0 Å². The van der Waals surface area contributed by atoms with Crippen LogP contribution in [0.3, 0.4) is 0 Å². The van der Waals surface area contributed by atoms with Gasteiger partial charge in [-0.3, -0.25) is 4.90 Å². The van der Waals surface area contributed by atoms with Gasteiger partial charge in [0.25, 0.3) is 0 Å². The Kier molecular flexibility index (Phi) is 3.80. The molecule has 0 bridgehead atoms. The normalized spacial score (nSPS) is 36.9. The summed E-state index contributed by atoms with van der Waals surface area (Å²) in [5, 5.41) is 12.4. The molecule has 1 aliphatic heterocycles. The van der Waals surface area contributed by atoms with Gasteiger partial charge in [-0.25, -0.2) is 0 Å². The number of hydrogen-bond donors (Lipinski definition) is 1. The van der Waals surface area contributed by atoms with Gasteiger partial charge in [-0.05, 0) is 32.7 Å². The van der Waals surface area contributed by atoms with E-state index in [0.29, 0.717) is 6.04 Å². The van der Waals surface area contributed by atoms with Crippen molar-refractivity contribution >= 4 is 0 Å². The minimum Gasteiger partial charge on any atom is -0.379 e. The maximum Gasteiger partial charge on any atom is 0.106 e. The molecule has 4 heteroatoms. The van der Waals surface area contributed by atoms with Crippen LogP contribution in [0.5, 0.6) is 0 Å². The molecule has 90 valence electrons. The lowest BCUT2D eigenvalue weighted by molar-refractivity contribution is 0.00426. The number of rotatable bonds is 2. The number of ether oxygens (including phenoxy) is 1. The van der Waals surface area contributed by atoms with Gasteiger partial charge in [0.1, 0.15) is 5.54 Å². The Morgan fingerprint density at radius 2 is 1.94 bits per heavy atom. The molecule has 1 heterocycles. The lowest BCUT2D eigenvalue weighted by Gasteiger charge is -2.41. The Morgan fingerprint density at radius 3 is 2.44 bits per heavy atom. The zero-order chi connectivity index (χ0) is 11.4. The molecule has 0 atom stereocenters. The van der Waals surface area contributed by atoms with Crippen molar-refractivity contribution in [2.45, 2.75) is 37.3 Å². The SMILES string of the molecule is CNC1(C#N)CCC(N2CCOCC2)CC1. The Bertz CT molecular complexity index is 260. The Hall–Kier alpha value is -0.630. The Balaban J connectivity index is 1.87. The molecule has 1 saturated carbocycles. The molecule has 0 unspecified atom stereocenters. The summed E-state index contributed by atoms with van der Waals surface area (Å²) in [7, 11) is 1.90. The molecule has 0 aromatic rings. The Morgan fingerprint density at radius 1 is 1.31 bits per heavy atom. The van der Waals surface area contributed by atoms with Gasteiger partial charge >= 0.3 is 0 Å². The maximum atomic E-state index is 9.19. The smallest absolute Gasteiger partial charge is 0.106 e. The van der Waals surface area contributed by atoms with Crippen molar-refractivity contribution in [3.8, 4) is 6.07 Å². The summed E-state index contributed by atoms with van der Waals surface area (Å²) in [5.41, 5.74) is -0.261. The minimum atomic E-state index is -0.261. The van der Waals surface area contributed by atoms with E-state index in [4.69, 9.17) is 4.74 Å². The third kappa shape index (κ3) is 2.37. The van der Waals surface area contributed by atoms with Crippen LogP contribution in [0.25, 0.3) is 0 Å². The van der Waals surface area contributed by atoms with Gasteiger partial charge in [0.15, 0.2) is 0 Å². The van der Waals surface area contributed by atoms with E-state index in [-0.39, 0.29) is 5.54 Å². The van der Waals surface area contributed by atoms with Crippen molar-refractivity contribution in [3.05, 3.63) is 0 Å². The molecule has 2 fully saturated rings. The van der Waals surface area contributed by atoms with Crippen LogP contribution in [0.2, 0.25) is 0 Å². The summed E-state index contributed by atoms with van der Waals surface area (Å²) < 4.78 is 5.37. The predicted octanol–water partition coefficient (Wildman–Crippen LogP) is 0.743. The first kappa shape index (κ1) is 11.8. The highest BCUT2D eigenvalue weighted by molar-refractivity contribution is 5.09. The standard InChI is InChI=1S/C12H21N3O/c1-14-12(10-13)4-2-11(3-5-12)15-6-8-16-9-7-15/h11,14H,2-9H2,1H3. The van der Waals surface area contributed by atoms with E-state index in [1.165, 1.54) is 0 Å². The fourth-order valence-electron chi connectivity index (χ4n) is 2.82. The first-order valence-electron chi connectivity index (χ1n) is 6.22. The van der Waals surface area contributed by atoms with Crippen LogP contribution in [-0.4, -0.2) is 49.8 Å². The van der Waals surface area contributed by atoms with E-state index in [9.17, 15) is 5.26 Å². The van der Waals surface area contributed by atoms with Gasteiger partial charge in [0.2, 0.25) is 0 Å². The van der Waals surface area contributed by atoms with Crippen molar-refractivity contribution in [1.29, 1.82) is 5.26 Å². The average Bonchev–Trinajstić information content (AvgIpc) is 2.40. The topological polar surface area (TPSA) is 48.3 Å². The van der Waals surface area contributed by atoms with Crippen molar-refractivity contribution < 1.29 is 4.74 Å². The minimum absolute atomic E-state index is 0.261. The molecule has 4 nitrogen and oxygen atoms in total. The molecule has 2 aliphatic rings. The molecule has 1 aliphatic carbocycles. The number of morpholine rings is 1. The molecule has 0 spiro atoms. The number of hydrogen-bond acceptors (Lipinski definition) is 4. The van der Waals surface area contributed by atoms with E-state index in [2.05, 4.69) is 16.3 Å². The van der Waals surface area contributed by atoms with E-state index in [0.717, 1.165) is 52.0 Å². The third-order valence-electron chi connectivity index (χ3n) is 4.06.